The van der Waals surface area contributed by atoms with Gasteiger partial charge in [-0.15, -0.1) is 11.3 Å². The van der Waals surface area contributed by atoms with Crippen molar-refractivity contribution in [3.63, 3.8) is 0 Å². The monoisotopic (exact) mass is 443 g/mol. The molecule has 0 bridgehead atoms. The number of carbonyl (C=O) groups is 2. The van der Waals surface area contributed by atoms with Gasteiger partial charge in [0, 0.05) is 22.8 Å². The first-order chi connectivity index (χ1) is 14.4. The van der Waals surface area contributed by atoms with Gasteiger partial charge in [0.05, 0.1) is 24.6 Å². The van der Waals surface area contributed by atoms with E-state index in [4.69, 9.17) is 17.0 Å². The summed E-state index contributed by atoms with van der Waals surface area (Å²) in [6.07, 6.45) is 0.326. The van der Waals surface area contributed by atoms with Crippen molar-refractivity contribution in [1.29, 1.82) is 0 Å². The van der Waals surface area contributed by atoms with Crippen LogP contribution in [0.5, 0.6) is 0 Å². The molecular formula is C22H25N3O3S2. The number of benzene rings is 1. The van der Waals surface area contributed by atoms with E-state index in [-0.39, 0.29) is 18.5 Å². The highest BCUT2D eigenvalue weighted by atomic mass is 32.1. The van der Waals surface area contributed by atoms with Crippen LogP contribution in [0.25, 0.3) is 0 Å². The van der Waals surface area contributed by atoms with Gasteiger partial charge in [0.25, 0.3) is 0 Å². The molecule has 1 aliphatic rings. The van der Waals surface area contributed by atoms with Crippen LogP contribution in [0.1, 0.15) is 37.3 Å². The van der Waals surface area contributed by atoms with Crippen LogP contribution >= 0.6 is 23.6 Å². The van der Waals surface area contributed by atoms with Crippen LogP contribution < -0.4 is 10.6 Å². The third-order valence-corrected chi connectivity index (χ3v) is 6.04. The van der Waals surface area contributed by atoms with E-state index < -0.39 is 6.04 Å². The zero-order valence-corrected chi connectivity index (χ0v) is 18.9. The van der Waals surface area contributed by atoms with Crippen LogP contribution in [-0.2, 0) is 20.7 Å². The number of hydrogen-bond acceptors (Lipinski definition) is 5. The fourth-order valence-electron chi connectivity index (χ4n) is 3.46. The number of anilines is 1. The molecule has 2 heterocycles. The van der Waals surface area contributed by atoms with Crippen LogP contribution in [0, 0.1) is 0 Å². The van der Waals surface area contributed by atoms with E-state index in [1.54, 1.807) is 18.3 Å². The Kier molecular flexibility index (Phi) is 7.23. The molecule has 30 heavy (non-hydrogen) atoms. The number of allylic oxidation sites excluding steroid dienone is 1. The number of hydrogen-bond donors (Lipinski definition) is 2. The highest BCUT2D eigenvalue weighted by Crippen LogP contribution is 2.32. The molecule has 158 valence electrons. The van der Waals surface area contributed by atoms with Crippen LogP contribution in [0.15, 0.2) is 53.0 Å². The quantitative estimate of drug-likeness (QED) is 0.498. The van der Waals surface area contributed by atoms with E-state index in [1.165, 1.54) is 0 Å². The smallest absolute Gasteiger partial charge is 0.338 e. The first-order valence-corrected chi connectivity index (χ1v) is 11.1. The summed E-state index contributed by atoms with van der Waals surface area (Å²) in [7, 11) is 0. The molecule has 1 unspecified atom stereocenters. The van der Waals surface area contributed by atoms with Crippen LogP contribution in [-0.4, -0.2) is 35.0 Å². The molecule has 2 aromatic rings. The summed E-state index contributed by atoms with van der Waals surface area (Å²) < 4.78 is 5.31. The minimum absolute atomic E-state index is 0.0868. The maximum absolute atomic E-state index is 12.7. The summed E-state index contributed by atoms with van der Waals surface area (Å²) in [5, 5.41) is 8.70. The Morgan fingerprint density at radius 2 is 2.07 bits per heavy atom. The third kappa shape index (κ3) is 4.88. The van der Waals surface area contributed by atoms with Crippen LogP contribution in [0.3, 0.4) is 0 Å². The normalized spacial score (nSPS) is 16.3. The molecule has 0 radical (unpaired) electrons. The maximum atomic E-state index is 12.7. The molecule has 1 aromatic heterocycles. The topological polar surface area (TPSA) is 70.7 Å². The van der Waals surface area contributed by atoms with Crippen molar-refractivity contribution in [3.8, 4) is 0 Å². The van der Waals surface area contributed by atoms with Gasteiger partial charge in [-0.2, -0.15) is 0 Å². The Balaban J connectivity index is 1.88. The number of nitrogens with zero attached hydrogens (tertiary/aromatic N) is 1. The van der Waals surface area contributed by atoms with Crippen molar-refractivity contribution in [2.75, 3.05) is 18.5 Å². The molecule has 2 N–H and O–H groups in total. The molecule has 0 saturated heterocycles. The van der Waals surface area contributed by atoms with Crippen LogP contribution in [0.2, 0.25) is 0 Å². The predicted molar refractivity (Wildman–Crippen MR) is 123 cm³/mol. The number of ether oxygens (including phenoxy) is 1. The lowest BCUT2D eigenvalue weighted by molar-refractivity contribution is -0.139. The molecule has 0 aliphatic carbocycles. The second kappa shape index (κ2) is 9.86. The first-order valence-electron chi connectivity index (χ1n) is 9.82. The average molecular weight is 444 g/mol. The minimum Gasteiger partial charge on any atom is -0.463 e. The Labute approximate surface area is 185 Å². The summed E-state index contributed by atoms with van der Waals surface area (Å²) >= 11 is 7.06. The van der Waals surface area contributed by atoms with Gasteiger partial charge in [-0.25, -0.2) is 4.79 Å². The average Bonchev–Trinajstić information content (AvgIpc) is 3.21. The van der Waals surface area contributed by atoms with Gasteiger partial charge in [-0.05, 0) is 62.1 Å². The first kappa shape index (κ1) is 22.0. The largest absolute Gasteiger partial charge is 0.463 e. The van der Waals surface area contributed by atoms with Gasteiger partial charge in [-0.1, -0.05) is 18.2 Å². The highest BCUT2D eigenvalue weighted by Gasteiger charge is 2.34. The van der Waals surface area contributed by atoms with E-state index in [1.807, 2.05) is 60.5 Å². The number of amides is 1. The second-order valence-corrected chi connectivity index (χ2v) is 8.20. The number of thiocarbonyl (C=S) groups is 1. The lowest BCUT2D eigenvalue weighted by Crippen LogP contribution is -2.47. The molecule has 8 heteroatoms. The van der Waals surface area contributed by atoms with Crippen molar-refractivity contribution >= 4 is 46.2 Å². The summed E-state index contributed by atoms with van der Waals surface area (Å²) in [6.45, 7) is 6.57. The lowest BCUT2D eigenvalue weighted by Gasteiger charge is -2.37. The number of thiophene rings is 1. The standard InChI is InChI=1S/C22H25N3O3S2/c1-4-25-14(3)19(21(27)28-5-2)20(24-22(25)29)15-8-6-9-16(12-15)23-18(26)13-17-10-7-11-30-17/h6-12,20H,4-5,13H2,1-3H3,(H,23,26)(H,24,29). The molecule has 1 aromatic carbocycles. The number of rotatable bonds is 7. The number of nitrogens with one attached hydrogen (secondary N) is 2. The Hall–Kier alpha value is -2.71. The van der Waals surface area contributed by atoms with Crippen molar-refractivity contribution in [3.05, 3.63) is 63.5 Å². The number of esters is 1. The number of carbonyl (C=O) groups excluding carboxylic acids is 2. The molecule has 6 nitrogen and oxygen atoms in total. The van der Waals surface area contributed by atoms with Crippen molar-refractivity contribution in [1.82, 2.24) is 10.2 Å². The second-order valence-electron chi connectivity index (χ2n) is 6.78. The van der Waals surface area contributed by atoms with E-state index in [0.717, 1.165) is 16.1 Å². The van der Waals surface area contributed by atoms with E-state index in [0.29, 0.717) is 29.3 Å². The molecule has 0 saturated carbocycles. The van der Waals surface area contributed by atoms with Gasteiger partial charge in [0.2, 0.25) is 5.91 Å². The SMILES string of the molecule is CCOC(=O)C1=C(C)N(CC)C(=S)NC1c1cccc(NC(=O)Cc2cccs2)c1. The molecule has 0 spiro atoms. The summed E-state index contributed by atoms with van der Waals surface area (Å²) in [5.41, 5.74) is 2.79. The summed E-state index contributed by atoms with van der Waals surface area (Å²) in [6, 6.07) is 10.9. The van der Waals surface area contributed by atoms with Crippen molar-refractivity contribution in [2.45, 2.75) is 33.2 Å². The highest BCUT2D eigenvalue weighted by molar-refractivity contribution is 7.80. The molecule has 1 atom stereocenters. The van der Waals surface area contributed by atoms with Gasteiger partial charge < -0.3 is 20.3 Å². The van der Waals surface area contributed by atoms with Crippen LogP contribution in [0.4, 0.5) is 5.69 Å². The minimum atomic E-state index is -0.450. The molecule has 0 fully saturated rings. The van der Waals surface area contributed by atoms with Crippen molar-refractivity contribution in [2.24, 2.45) is 0 Å². The predicted octanol–water partition coefficient (Wildman–Crippen LogP) is 4.02. The Morgan fingerprint density at radius 3 is 2.73 bits per heavy atom. The summed E-state index contributed by atoms with van der Waals surface area (Å²) in [5.74, 6) is -0.461. The van der Waals surface area contributed by atoms with Gasteiger partial charge in [0.15, 0.2) is 5.11 Å². The van der Waals surface area contributed by atoms with Gasteiger partial charge in [-0.3, -0.25) is 4.79 Å². The van der Waals surface area contributed by atoms with Gasteiger partial charge >= 0.3 is 5.97 Å². The zero-order chi connectivity index (χ0) is 21.7. The Morgan fingerprint density at radius 1 is 1.27 bits per heavy atom. The third-order valence-electron chi connectivity index (χ3n) is 4.83. The molecule has 1 amide bonds. The fraction of sp³-hybridized carbons (Fsp3) is 0.318. The zero-order valence-electron chi connectivity index (χ0n) is 17.2. The fourth-order valence-corrected chi connectivity index (χ4v) is 4.55. The molecular weight excluding hydrogens is 418 g/mol. The van der Waals surface area contributed by atoms with Crippen molar-refractivity contribution < 1.29 is 14.3 Å². The Bertz CT molecular complexity index is 970. The maximum Gasteiger partial charge on any atom is 0.338 e. The molecule has 1 aliphatic heterocycles. The van der Waals surface area contributed by atoms with E-state index in [9.17, 15) is 9.59 Å². The van der Waals surface area contributed by atoms with E-state index >= 15 is 0 Å². The van der Waals surface area contributed by atoms with Gasteiger partial charge in [0.1, 0.15) is 0 Å². The van der Waals surface area contributed by atoms with E-state index in [2.05, 4.69) is 10.6 Å². The molecule has 3 rings (SSSR count). The lowest BCUT2D eigenvalue weighted by atomic mass is 9.94. The summed E-state index contributed by atoms with van der Waals surface area (Å²) in [4.78, 5) is 28.0.